The number of pyridine rings is 1. The number of nitrogens with zero attached hydrogens (tertiary/aromatic N) is 3. The molecule has 1 amide bonds. The van der Waals surface area contributed by atoms with Crippen LogP contribution in [-0.2, 0) is 17.9 Å². The predicted molar refractivity (Wildman–Crippen MR) is 74.2 cm³/mol. The second kappa shape index (κ2) is 6.81. The number of ether oxygens (including phenoxy) is 1. The van der Waals surface area contributed by atoms with Gasteiger partial charge in [0.25, 0.3) is 5.91 Å². The average molecular weight is 274 g/mol. The summed E-state index contributed by atoms with van der Waals surface area (Å²) in [5, 5.41) is 2.88. The first-order valence-corrected chi connectivity index (χ1v) is 6.40. The van der Waals surface area contributed by atoms with Crippen molar-refractivity contribution >= 4 is 5.91 Å². The van der Waals surface area contributed by atoms with Crippen LogP contribution in [0, 0.1) is 6.92 Å². The third-order valence-electron chi connectivity index (χ3n) is 2.97. The maximum Gasteiger partial charge on any atom is 0.251 e. The number of nitrogens with one attached hydrogen (secondary N) is 1. The molecule has 0 radical (unpaired) electrons. The molecule has 0 unspecified atom stereocenters. The molecule has 0 saturated heterocycles. The van der Waals surface area contributed by atoms with E-state index in [9.17, 15) is 4.79 Å². The first-order valence-electron chi connectivity index (χ1n) is 6.40. The first kappa shape index (κ1) is 14.2. The van der Waals surface area contributed by atoms with Crippen LogP contribution in [0.4, 0.5) is 0 Å². The molecule has 2 aromatic heterocycles. The molecule has 1 N–H and O–H groups in total. The van der Waals surface area contributed by atoms with Crippen LogP contribution in [-0.4, -0.2) is 34.1 Å². The summed E-state index contributed by atoms with van der Waals surface area (Å²) in [7, 11) is 1.64. The van der Waals surface area contributed by atoms with E-state index in [1.165, 1.54) is 0 Å². The highest BCUT2D eigenvalue weighted by atomic mass is 16.5. The van der Waals surface area contributed by atoms with Crippen molar-refractivity contribution in [1.29, 1.82) is 0 Å². The second-order valence-corrected chi connectivity index (χ2v) is 4.39. The fourth-order valence-corrected chi connectivity index (χ4v) is 1.95. The van der Waals surface area contributed by atoms with E-state index in [1.807, 2.05) is 11.5 Å². The molecule has 0 aromatic carbocycles. The number of carbonyl (C=O) groups excluding carboxylic acids is 1. The highest BCUT2D eigenvalue weighted by Gasteiger charge is 2.08. The topological polar surface area (TPSA) is 69.0 Å². The van der Waals surface area contributed by atoms with Gasteiger partial charge in [-0.1, -0.05) is 0 Å². The number of imidazole rings is 1. The Morgan fingerprint density at radius 2 is 2.15 bits per heavy atom. The number of aryl methyl sites for hydroxylation is 1. The number of hydrogen-bond donors (Lipinski definition) is 1. The Labute approximate surface area is 117 Å². The first-order chi connectivity index (χ1) is 9.72. The maximum absolute atomic E-state index is 11.9. The van der Waals surface area contributed by atoms with Gasteiger partial charge in [-0.2, -0.15) is 0 Å². The van der Waals surface area contributed by atoms with E-state index in [0.29, 0.717) is 25.3 Å². The SMILES string of the molecule is COCc1ncc(C)n1CCNC(=O)c1ccncc1. The average Bonchev–Trinajstić information content (AvgIpc) is 2.81. The Morgan fingerprint density at radius 3 is 2.85 bits per heavy atom. The lowest BCUT2D eigenvalue weighted by molar-refractivity contribution is 0.0951. The molecule has 2 aromatic rings. The third-order valence-corrected chi connectivity index (χ3v) is 2.97. The number of carbonyl (C=O) groups is 1. The lowest BCUT2D eigenvalue weighted by Gasteiger charge is -2.10. The van der Waals surface area contributed by atoms with E-state index in [-0.39, 0.29) is 5.91 Å². The van der Waals surface area contributed by atoms with E-state index in [4.69, 9.17) is 4.74 Å². The summed E-state index contributed by atoms with van der Waals surface area (Å²) >= 11 is 0. The molecule has 6 nitrogen and oxygen atoms in total. The molecular weight excluding hydrogens is 256 g/mol. The van der Waals surface area contributed by atoms with Crippen molar-refractivity contribution in [2.24, 2.45) is 0 Å². The van der Waals surface area contributed by atoms with Crippen LogP contribution >= 0.6 is 0 Å². The fraction of sp³-hybridized carbons (Fsp3) is 0.357. The summed E-state index contributed by atoms with van der Waals surface area (Å²) in [6, 6.07) is 3.38. The molecule has 0 aliphatic rings. The highest BCUT2D eigenvalue weighted by molar-refractivity contribution is 5.93. The van der Waals surface area contributed by atoms with E-state index < -0.39 is 0 Å². The normalized spacial score (nSPS) is 10.5. The van der Waals surface area contributed by atoms with Crippen molar-refractivity contribution in [2.75, 3.05) is 13.7 Å². The molecule has 2 rings (SSSR count). The minimum absolute atomic E-state index is 0.0986. The molecule has 106 valence electrons. The number of amides is 1. The van der Waals surface area contributed by atoms with Crippen molar-refractivity contribution in [2.45, 2.75) is 20.1 Å². The zero-order valence-electron chi connectivity index (χ0n) is 11.7. The fourth-order valence-electron chi connectivity index (χ4n) is 1.95. The number of hydrogen-bond acceptors (Lipinski definition) is 4. The molecule has 0 spiro atoms. The Morgan fingerprint density at radius 1 is 1.40 bits per heavy atom. The predicted octanol–water partition coefficient (Wildman–Crippen LogP) is 1.16. The van der Waals surface area contributed by atoms with Crippen LogP contribution in [0.3, 0.4) is 0 Å². The third kappa shape index (κ3) is 3.42. The summed E-state index contributed by atoms with van der Waals surface area (Å²) in [5.41, 5.74) is 1.66. The van der Waals surface area contributed by atoms with Gasteiger partial charge in [0.05, 0.1) is 0 Å². The van der Waals surface area contributed by atoms with Crippen molar-refractivity contribution in [3.8, 4) is 0 Å². The Hall–Kier alpha value is -2.21. The molecule has 6 heteroatoms. The van der Waals surface area contributed by atoms with E-state index in [2.05, 4.69) is 15.3 Å². The molecule has 20 heavy (non-hydrogen) atoms. The van der Waals surface area contributed by atoms with Crippen molar-refractivity contribution in [1.82, 2.24) is 19.9 Å². The maximum atomic E-state index is 11.9. The van der Waals surface area contributed by atoms with Gasteiger partial charge in [0.1, 0.15) is 12.4 Å². The van der Waals surface area contributed by atoms with Gasteiger partial charge in [-0.25, -0.2) is 4.98 Å². The molecule has 0 aliphatic carbocycles. The van der Waals surface area contributed by atoms with Gasteiger partial charge >= 0.3 is 0 Å². The largest absolute Gasteiger partial charge is 0.377 e. The van der Waals surface area contributed by atoms with E-state index >= 15 is 0 Å². The lowest BCUT2D eigenvalue weighted by atomic mass is 10.2. The van der Waals surface area contributed by atoms with Gasteiger partial charge in [-0.3, -0.25) is 9.78 Å². The van der Waals surface area contributed by atoms with Crippen LogP contribution in [0.5, 0.6) is 0 Å². The second-order valence-electron chi connectivity index (χ2n) is 4.39. The molecule has 0 bridgehead atoms. The monoisotopic (exact) mass is 274 g/mol. The standard InChI is InChI=1S/C14H18N4O2/c1-11-9-17-13(10-20-2)18(11)8-7-16-14(19)12-3-5-15-6-4-12/h3-6,9H,7-8,10H2,1-2H3,(H,16,19). The Kier molecular flexibility index (Phi) is 4.84. The molecule has 0 atom stereocenters. The van der Waals surface area contributed by atoms with E-state index in [1.54, 1.807) is 37.8 Å². The van der Waals surface area contributed by atoms with Crippen molar-refractivity contribution in [3.05, 3.63) is 47.8 Å². The van der Waals surface area contributed by atoms with Crippen LogP contribution in [0.1, 0.15) is 21.9 Å². The Balaban J connectivity index is 1.90. The van der Waals surface area contributed by atoms with Gasteiger partial charge in [-0.05, 0) is 19.1 Å². The summed E-state index contributed by atoms with van der Waals surface area (Å²) < 4.78 is 7.14. The molecule has 0 fully saturated rings. The number of aromatic nitrogens is 3. The summed E-state index contributed by atoms with van der Waals surface area (Å²) in [5.74, 6) is 0.765. The van der Waals surface area contributed by atoms with Gasteiger partial charge in [-0.15, -0.1) is 0 Å². The zero-order chi connectivity index (χ0) is 14.4. The van der Waals surface area contributed by atoms with Gasteiger partial charge in [0, 0.05) is 50.0 Å². The molecule has 2 heterocycles. The molecular formula is C14H18N4O2. The highest BCUT2D eigenvalue weighted by Crippen LogP contribution is 2.05. The minimum Gasteiger partial charge on any atom is -0.377 e. The quantitative estimate of drug-likeness (QED) is 0.858. The number of rotatable bonds is 6. The van der Waals surface area contributed by atoms with Crippen LogP contribution in [0.15, 0.2) is 30.7 Å². The summed E-state index contributed by atoms with van der Waals surface area (Å²) in [6.07, 6.45) is 5.01. The van der Waals surface area contributed by atoms with Crippen molar-refractivity contribution in [3.63, 3.8) is 0 Å². The molecule has 0 aliphatic heterocycles. The van der Waals surface area contributed by atoms with E-state index in [0.717, 1.165) is 11.5 Å². The van der Waals surface area contributed by atoms with Gasteiger partial charge in [0.2, 0.25) is 0 Å². The lowest BCUT2D eigenvalue weighted by Crippen LogP contribution is -2.28. The van der Waals surface area contributed by atoms with Gasteiger partial charge < -0.3 is 14.6 Å². The summed E-state index contributed by atoms with van der Waals surface area (Å²) in [6.45, 7) is 3.65. The smallest absolute Gasteiger partial charge is 0.251 e. The minimum atomic E-state index is -0.0986. The number of methoxy groups -OCH3 is 1. The van der Waals surface area contributed by atoms with Crippen molar-refractivity contribution < 1.29 is 9.53 Å². The van der Waals surface area contributed by atoms with Gasteiger partial charge in [0.15, 0.2) is 0 Å². The van der Waals surface area contributed by atoms with Crippen LogP contribution in [0.25, 0.3) is 0 Å². The van der Waals surface area contributed by atoms with Crippen LogP contribution in [0.2, 0.25) is 0 Å². The Bertz CT molecular complexity index is 566. The zero-order valence-corrected chi connectivity index (χ0v) is 11.7. The molecule has 0 saturated carbocycles. The van der Waals surface area contributed by atoms with Crippen LogP contribution < -0.4 is 5.32 Å². The summed E-state index contributed by atoms with van der Waals surface area (Å²) in [4.78, 5) is 20.0.